The molecular weight excluding hydrogens is 595 g/mol. The molecular formula is C36H30Cl2N2O4. The van der Waals surface area contributed by atoms with Crippen molar-refractivity contribution in [3.8, 4) is 23.3 Å². The fourth-order valence-electron chi connectivity index (χ4n) is 4.83. The molecule has 2 N–H and O–H groups in total. The molecule has 0 saturated carbocycles. The second kappa shape index (κ2) is 12.9. The molecule has 0 amide bonds. The highest BCUT2D eigenvalue weighted by atomic mass is 35.5. The Morgan fingerprint density at radius 2 is 1.77 bits per heavy atom. The van der Waals surface area contributed by atoms with Crippen LogP contribution in [0.25, 0.3) is 6.08 Å². The quantitative estimate of drug-likeness (QED) is 0.125. The monoisotopic (exact) mass is 624 g/mol. The van der Waals surface area contributed by atoms with Gasteiger partial charge in [-0.05, 0) is 58.5 Å². The Labute approximate surface area is 266 Å². The third-order valence-corrected chi connectivity index (χ3v) is 7.79. The second-order valence-corrected chi connectivity index (χ2v) is 12.2. The summed E-state index contributed by atoms with van der Waals surface area (Å²) in [6.45, 7) is 6.68. The zero-order valence-electron chi connectivity index (χ0n) is 24.4. The van der Waals surface area contributed by atoms with Crippen LogP contribution in [0.2, 0.25) is 10.0 Å². The molecule has 44 heavy (non-hydrogen) atoms. The van der Waals surface area contributed by atoms with E-state index in [4.69, 9.17) is 43.1 Å². The first-order valence-corrected chi connectivity index (χ1v) is 14.7. The number of rotatable bonds is 7. The highest BCUT2D eigenvalue weighted by Crippen LogP contribution is 2.44. The maximum atomic E-state index is 12.6. The number of esters is 1. The summed E-state index contributed by atoms with van der Waals surface area (Å²) in [4.78, 5) is 12.6. The van der Waals surface area contributed by atoms with E-state index in [-0.39, 0.29) is 29.2 Å². The summed E-state index contributed by atoms with van der Waals surface area (Å²) in [6.07, 6.45) is 3.08. The van der Waals surface area contributed by atoms with Gasteiger partial charge in [0, 0.05) is 33.3 Å². The van der Waals surface area contributed by atoms with Crippen LogP contribution in [0.3, 0.4) is 0 Å². The average molecular weight is 626 g/mol. The SMILES string of the molecule is CC(C)(C)c1ccc(/C=C/C(=O)Oc2ccc3c(c2)OC(N)=C(C#N)C3c2cccc(OCc3ccc(Cl)cc3Cl)c2)cc1. The van der Waals surface area contributed by atoms with Gasteiger partial charge >= 0.3 is 5.97 Å². The highest BCUT2D eigenvalue weighted by molar-refractivity contribution is 6.35. The Morgan fingerprint density at radius 3 is 2.48 bits per heavy atom. The van der Waals surface area contributed by atoms with Gasteiger partial charge in [0.05, 0.1) is 5.92 Å². The van der Waals surface area contributed by atoms with Crippen molar-refractivity contribution in [3.63, 3.8) is 0 Å². The molecule has 0 aliphatic carbocycles. The van der Waals surface area contributed by atoms with Gasteiger partial charge in [0.15, 0.2) is 0 Å². The van der Waals surface area contributed by atoms with Gasteiger partial charge in [-0.3, -0.25) is 0 Å². The number of fused-ring (bicyclic) bond motifs is 1. The van der Waals surface area contributed by atoms with Crippen molar-refractivity contribution in [2.75, 3.05) is 0 Å². The molecule has 0 saturated heterocycles. The third-order valence-electron chi connectivity index (χ3n) is 7.20. The third kappa shape index (κ3) is 7.08. The summed E-state index contributed by atoms with van der Waals surface area (Å²) in [5.41, 5.74) is 10.9. The van der Waals surface area contributed by atoms with Crippen molar-refractivity contribution < 1.29 is 19.0 Å². The van der Waals surface area contributed by atoms with Gasteiger partial charge in [0.25, 0.3) is 0 Å². The summed E-state index contributed by atoms with van der Waals surface area (Å²) in [5.74, 6) is 0.175. The first kappa shape index (κ1) is 30.7. The number of hydrogen-bond donors (Lipinski definition) is 1. The molecule has 1 unspecified atom stereocenters. The van der Waals surface area contributed by atoms with E-state index in [2.05, 4.69) is 26.8 Å². The maximum absolute atomic E-state index is 12.6. The molecule has 4 aromatic carbocycles. The van der Waals surface area contributed by atoms with Crippen molar-refractivity contribution in [2.45, 2.75) is 38.7 Å². The zero-order chi connectivity index (χ0) is 31.4. The van der Waals surface area contributed by atoms with Gasteiger partial charge in [-0.2, -0.15) is 5.26 Å². The number of ether oxygens (including phenoxy) is 3. The Hall–Kier alpha value is -4.70. The lowest BCUT2D eigenvalue weighted by Gasteiger charge is -2.27. The van der Waals surface area contributed by atoms with Gasteiger partial charge in [0.2, 0.25) is 5.88 Å². The van der Waals surface area contributed by atoms with E-state index in [1.54, 1.807) is 36.4 Å². The Morgan fingerprint density at radius 1 is 1.00 bits per heavy atom. The van der Waals surface area contributed by atoms with Gasteiger partial charge in [0.1, 0.15) is 35.5 Å². The predicted octanol–water partition coefficient (Wildman–Crippen LogP) is 8.71. The molecule has 0 aromatic heterocycles. The summed E-state index contributed by atoms with van der Waals surface area (Å²) >= 11 is 12.3. The molecule has 0 bridgehead atoms. The fourth-order valence-corrected chi connectivity index (χ4v) is 5.30. The molecule has 1 heterocycles. The zero-order valence-corrected chi connectivity index (χ0v) is 25.9. The first-order valence-electron chi connectivity index (χ1n) is 13.9. The second-order valence-electron chi connectivity index (χ2n) is 11.3. The van der Waals surface area contributed by atoms with E-state index in [1.807, 2.05) is 54.6 Å². The van der Waals surface area contributed by atoms with Crippen molar-refractivity contribution in [1.82, 2.24) is 0 Å². The Bertz CT molecular complexity index is 1820. The van der Waals surface area contributed by atoms with Gasteiger partial charge in [-0.15, -0.1) is 0 Å². The summed E-state index contributed by atoms with van der Waals surface area (Å²) in [7, 11) is 0. The molecule has 1 aliphatic heterocycles. The maximum Gasteiger partial charge on any atom is 0.336 e. The normalized spacial score (nSPS) is 14.5. The van der Waals surface area contributed by atoms with E-state index in [0.717, 1.165) is 16.7 Å². The minimum Gasteiger partial charge on any atom is -0.489 e. The summed E-state index contributed by atoms with van der Waals surface area (Å²) < 4.78 is 17.4. The number of benzene rings is 4. The first-order chi connectivity index (χ1) is 21.0. The van der Waals surface area contributed by atoms with Gasteiger partial charge in [-0.1, -0.05) is 92.5 Å². The average Bonchev–Trinajstić information content (AvgIpc) is 2.99. The van der Waals surface area contributed by atoms with E-state index in [1.165, 1.54) is 11.6 Å². The minimum absolute atomic E-state index is 0.0219. The summed E-state index contributed by atoms with van der Waals surface area (Å²) in [5, 5.41) is 11.0. The number of nitriles is 1. The molecule has 1 atom stereocenters. The van der Waals surface area contributed by atoms with Crippen LogP contribution in [-0.4, -0.2) is 5.97 Å². The number of halogens is 2. The van der Waals surface area contributed by atoms with Gasteiger partial charge < -0.3 is 19.9 Å². The van der Waals surface area contributed by atoms with Crippen molar-refractivity contribution in [2.24, 2.45) is 5.73 Å². The van der Waals surface area contributed by atoms with Crippen LogP contribution in [0.1, 0.15) is 54.5 Å². The molecule has 4 aromatic rings. The van der Waals surface area contributed by atoms with Crippen LogP contribution in [0.15, 0.2) is 102 Å². The van der Waals surface area contributed by atoms with Crippen LogP contribution in [-0.2, 0) is 16.8 Å². The molecule has 0 spiro atoms. The number of nitrogens with two attached hydrogens (primary N) is 1. The number of nitrogens with zero attached hydrogens (tertiary/aromatic N) is 1. The van der Waals surface area contributed by atoms with Crippen molar-refractivity contribution >= 4 is 35.2 Å². The number of carbonyl (C=O) groups excluding carboxylic acids is 1. The lowest BCUT2D eigenvalue weighted by atomic mass is 9.83. The molecule has 1 aliphatic rings. The molecule has 8 heteroatoms. The van der Waals surface area contributed by atoms with Crippen molar-refractivity contribution in [1.29, 1.82) is 5.26 Å². The number of allylic oxidation sites excluding steroid dienone is 1. The molecule has 0 fully saturated rings. The molecule has 6 nitrogen and oxygen atoms in total. The standard InChI is InChI=1S/C36H30Cl2N2O4/c1-36(2,3)25-11-7-22(8-12-25)9-16-33(41)43-28-14-15-29-32(19-28)44-35(40)30(20-39)34(29)23-5-4-6-27(17-23)42-21-24-10-13-26(37)18-31(24)38/h4-19,34H,21,40H2,1-3H3/b16-9+. The largest absolute Gasteiger partial charge is 0.489 e. The van der Waals surface area contributed by atoms with E-state index >= 15 is 0 Å². The van der Waals surface area contributed by atoms with E-state index in [9.17, 15) is 10.1 Å². The lowest BCUT2D eigenvalue weighted by molar-refractivity contribution is -0.128. The van der Waals surface area contributed by atoms with Crippen LogP contribution < -0.4 is 19.9 Å². The van der Waals surface area contributed by atoms with Crippen LogP contribution in [0, 0.1) is 11.3 Å². The lowest BCUT2D eigenvalue weighted by Crippen LogP contribution is -2.21. The minimum atomic E-state index is -0.538. The Kier molecular flexibility index (Phi) is 9.01. The topological polar surface area (TPSA) is 94.6 Å². The number of hydrogen-bond acceptors (Lipinski definition) is 6. The van der Waals surface area contributed by atoms with Crippen LogP contribution in [0.5, 0.6) is 17.2 Å². The van der Waals surface area contributed by atoms with Crippen molar-refractivity contribution in [3.05, 3.63) is 140 Å². The number of carbonyl (C=O) groups is 1. The predicted molar refractivity (Wildman–Crippen MR) is 173 cm³/mol. The van der Waals surface area contributed by atoms with Crippen LogP contribution >= 0.6 is 23.2 Å². The molecule has 0 radical (unpaired) electrons. The van der Waals surface area contributed by atoms with Gasteiger partial charge in [-0.25, -0.2) is 4.79 Å². The van der Waals surface area contributed by atoms with E-state index in [0.29, 0.717) is 27.1 Å². The van der Waals surface area contributed by atoms with Crippen LogP contribution in [0.4, 0.5) is 0 Å². The summed E-state index contributed by atoms with van der Waals surface area (Å²) in [6, 6.07) is 27.9. The van der Waals surface area contributed by atoms with E-state index < -0.39 is 11.9 Å². The smallest absolute Gasteiger partial charge is 0.336 e. The highest BCUT2D eigenvalue weighted by Gasteiger charge is 2.31. The molecule has 5 rings (SSSR count). The molecule has 222 valence electrons. The fraction of sp³-hybridized carbons (Fsp3) is 0.167. The Balaban J connectivity index is 1.34.